The minimum absolute atomic E-state index is 0.0850. The smallest absolute Gasteiger partial charge is 0.273 e. The molecule has 2 aliphatic rings. The van der Waals surface area contributed by atoms with E-state index in [1.807, 2.05) is 0 Å². The van der Waals surface area contributed by atoms with Gasteiger partial charge in [0.1, 0.15) is 12.1 Å². The normalized spacial score (nSPS) is 21.6. The summed E-state index contributed by atoms with van der Waals surface area (Å²) in [7, 11) is -4.01. The summed E-state index contributed by atoms with van der Waals surface area (Å²) in [5, 5.41) is 2.90. The maximum absolute atomic E-state index is 14.5. The second-order valence-corrected chi connectivity index (χ2v) is 12.9. The first kappa shape index (κ1) is 30.9. The van der Waals surface area contributed by atoms with E-state index < -0.39 is 21.7 Å². The fourth-order valence-corrected chi connectivity index (χ4v) is 6.99. The topological polar surface area (TPSA) is 119 Å². The number of aromatic nitrogens is 1. The molecule has 3 heterocycles. The van der Waals surface area contributed by atoms with E-state index in [2.05, 4.69) is 23.8 Å². The van der Waals surface area contributed by atoms with Crippen molar-refractivity contribution >= 4 is 27.5 Å². The number of amides is 2. The van der Waals surface area contributed by atoms with Gasteiger partial charge in [0, 0.05) is 12.5 Å². The summed E-state index contributed by atoms with van der Waals surface area (Å²) in [6, 6.07) is 3.69. The van der Waals surface area contributed by atoms with Crippen molar-refractivity contribution in [1.29, 1.82) is 0 Å². The number of rotatable bonds is 15. The molecule has 1 aromatic heterocycles. The molecule has 2 saturated heterocycles. The Hall–Kier alpha value is -3.05. The average molecular weight is 590 g/mol. The summed E-state index contributed by atoms with van der Waals surface area (Å²) < 4.78 is 52.9. The molecule has 2 unspecified atom stereocenters. The lowest BCUT2D eigenvalue weighted by Gasteiger charge is -2.28. The van der Waals surface area contributed by atoms with Crippen LogP contribution in [-0.2, 0) is 26.0 Å². The number of hydrogen-bond donors (Lipinski definition) is 1. The van der Waals surface area contributed by atoms with Gasteiger partial charge in [0.05, 0.1) is 29.6 Å². The SMILES string of the molecule is C=CC(=O)N(c1ccc(F)cc1C[C@H]1C2CCC(O2)[C@@H]1c1nc(C(=O)NCCCCCCCC)co1)S(=O)(=O)CC. The number of nitrogens with zero attached hydrogens (tertiary/aromatic N) is 2. The van der Waals surface area contributed by atoms with E-state index in [1.165, 1.54) is 44.6 Å². The van der Waals surface area contributed by atoms with Gasteiger partial charge < -0.3 is 14.5 Å². The number of sulfonamides is 1. The van der Waals surface area contributed by atoms with Crippen LogP contribution in [-0.4, -0.2) is 49.7 Å². The molecule has 2 aromatic rings. The second kappa shape index (κ2) is 13.7. The highest BCUT2D eigenvalue weighted by atomic mass is 32.2. The van der Waals surface area contributed by atoms with Crippen molar-refractivity contribution in [1.82, 2.24) is 10.3 Å². The van der Waals surface area contributed by atoms with Crippen LogP contribution in [0.2, 0.25) is 0 Å². The van der Waals surface area contributed by atoms with Crippen LogP contribution in [0, 0.1) is 11.7 Å². The van der Waals surface area contributed by atoms with Gasteiger partial charge in [-0.1, -0.05) is 45.6 Å². The van der Waals surface area contributed by atoms with Crippen LogP contribution in [0.4, 0.5) is 10.1 Å². The number of nitrogens with one attached hydrogen (secondary N) is 1. The van der Waals surface area contributed by atoms with Gasteiger partial charge in [0.15, 0.2) is 5.69 Å². The van der Waals surface area contributed by atoms with E-state index >= 15 is 0 Å². The predicted octanol–water partition coefficient (Wildman–Crippen LogP) is 5.28. The van der Waals surface area contributed by atoms with Crippen molar-refractivity contribution < 1.29 is 31.6 Å². The summed E-state index contributed by atoms with van der Waals surface area (Å²) >= 11 is 0. The van der Waals surface area contributed by atoms with E-state index in [4.69, 9.17) is 9.15 Å². The highest BCUT2D eigenvalue weighted by Gasteiger charge is 2.52. The Morgan fingerprint density at radius 1 is 1.15 bits per heavy atom. The van der Waals surface area contributed by atoms with Crippen LogP contribution < -0.4 is 9.62 Å². The van der Waals surface area contributed by atoms with Crippen LogP contribution in [0.3, 0.4) is 0 Å². The van der Waals surface area contributed by atoms with Crippen LogP contribution in [0.15, 0.2) is 41.5 Å². The standard InChI is InChI=1S/C30H40FN3O6S/c1-4-7-8-9-10-11-16-32-29(36)23-19-39-30(33-23)28-22(25-14-15-26(28)40-25)18-20-17-21(31)12-13-24(20)34(27(35)5-2)41(37,38)6-3/h5,12-13,17,19,22,25-26,28H,2,4,6-11,14-16,18H2,1,3H3,(H,32,36)/t22-,25?,26?,28+/m0/s1. The first-order chi connectivity index (χ1) is 19.7. The maximum Gasteiger partial charge on any atom is 0.273 e. The number of hydrogen-bond acceptors (Lipinski definition) is 7. The number of carbonyl (C=O) groups is 2. The van der Waals surface area contributed by atoms with Crippen LogP contribution in [0.5, 0.6) is 0 Å². The third-order valence-corrected chi connectivity index (χ3v) is 9.68. The number of unbranched alkanes of at least 4 members (excludes halogenated alkanes) is 5. The third kappa shape index (κ3) is 7.06. The monoisotopic (exact) mass is 589 g/mol. The first-order valence-electron chi connectivity index (χ1n) is 14.6. The number of benzene rings is 1. The molecule has 0 spiro atoms. The van der Waals surface area contributed by atoms with Gasteiger partial charge in [-0.15, -0.1) is 0 Å². The zero-order valence-electron chi connectivity index (χ0n) is 23.8. The summed E-state index contributed by atoms with van der Waals surface area (Å²) in [4.78, 5) is 29.9. The average Bonchev–Trinajstić information content (AvgIpc) is 3.70. The molecular weight excluding hydrogens is 549 g/mol. The molecule has 0 aliphatic carbocycles. The molecule has 0 radical (unpaired) electrons. The molecule has 1 N–H and O–H groups in total. The number of carbonyl (C=O) groups excluding carboxylic acids is 2. The fraction of sp³-hybridized carbons (Fsp3) is 0.567. The van der Waals surface area contributed by atoms with Gasteiger partial charge >= 0.3 is 0 Å². The molecule has 4 atom stereocenters. The molecule has 9 nitrogen and oxygen atoms in total. The molecule has 2 amide bonds. The Balaban J connectivity index is 1.52. The highest BCUT2D eigenvalue weighted by Crippen LogP contribution is 2.50. The Labute approximate surface area is 241 Å². The summed E-state index contributed by atoms with van der Waals surface area (Å²) in [5.74, 6) is -2.15. The largest absolute Gasteiger partial charge is 0.448 e. The lowest BCUT2D eigenvalue weighted by molar-refractivity contribution is -0.113. The van der Waals surface area contributed by atoms with E-state index in [-0.39, 0.29) is 53.5 Å². The van der Waals surface area contributed by atoms with Gasteiger partial charge in [-0.05, 0) is 62.4 Å². The van der Waals surface area contributed by atoms with Crippen molar-refractivity contribution in [2.24, 2.45) is 5.92 Å². The minimum atomic E-state index is -4.01. The highest BCUT2D eigenvalue weighted by molar-refractivity contribution is 7.93. The molecule has 41 heavy (non-hydrogen) atoms. The van der Waals surface area contributed by atoms with Crippen molar-refractivity contribution in [2.45, 2.75) is 89.8 Å². The molecule has 2 aliphatic heterocycles. The van der Waals surface area contributed by atoms with E-state index in [0.29, 0.717) is 22.3 Å². The molecule has 2 fully saturated rings. The Morgan fingerprint density at radius 2 is 1.88 bits per heavy atom. The Morgan fingerprint density at radius 3 is 2.61 bits per heavy atom. The van der Waals surface area contributed by atoms with E-state index in [0.717, 1.165) is 44.2 Å². The fourth-order valence-electron chi connectivity index (χ4n) is 5.91. The van der Waals surface area contributed by atoms with Crippen molar-refractivity contribution in [3.05, 3.63) is 60.1 Å². The van der Waals surface area contributed by atoms with Gasteiger partial charge in [0.25, 0.3) is 11.8 Å². The number of fused-ring (bicyclic) bond motifs is 2. The van der Waals surface area contributed by atoms with Gasteiger partial charge in [0.2, 0.25) is 15.9 Å². The Kier molecular flexibility index (Phi) is 10.4. The quantitative estimate of drug-likeness (QED) is 0.222. The van der Waals surface area contributed by atoms with Crippen LogP contribution >= 0.6 is 0 Å². The number of oxazole rings is 1. The number of anilines is 1. The lowest BCUT2D eigenvalue weighted by atomic mass is 9.76. The molecule has 2 bridgehead atoms. The Bertz CT molecular complexity index is 1340. The molecular formula is C30H40FN3O6S. The zero-order chi connectivity index (χ0) is 29.6. The number of ether oxygens (including phenoxy) is 1. The molecule has 0 saturated carbocycles. The van der Waals surface area contributed by atoms with Crippen molar-refractivity contribution in [2.75, 3.05) is 16.6 Å². The molecule has 224 valence electrons. The lowest BCUT2D eigenvalue weighted by Crippen LogP contribution is -2.38. The van der Waals surface area contributed by atoms with E-state index in [1.54, 1.807) is 0 Å². The maximum atomic E-state index is 14.5. The van der Waals surface area contributed by atoms with Crippen molar-refractivity contribution in [3.63, 3.8) is 0 Å². The molecule has 11 heteroatoms. The van der Waals surface area contributed by atoms with E-state index in [9.17, 15) is 22.4 Å². The van der Waals surface area contributed by atoms with Gasteiger partial charge in [-0.2, -0.15) is 0 Å². The van der Waals surface area contributed by atoms with Crippen molar-refractivity contribution in [3.8, 4) is 0 Å². The van der Waals surface area contributed by atoms with Crippen LogP contribution in [0.25, 0.3) is 0 Å². The van der Waals surface area contributed by atoms with Gasteiger partial charge in [-0.25, -0.2) is 22.1 Å². The van der Waals surface area contributed by atoms with Gasteiger partial charge in [-0.3, -0.25) is 9.59 Å². The van der Waals surface area contributed by atoms with Crippen LogP contribution in [0.1, 0.15) is 93.1 Å². The number of halogens is 1. The third-order valence-electron chi connectivity index (χ3n) is 8.01. The summed E-state index contributed by atoms with van der Waals surface area (Å²) in [6.45, 7) is 7.62. The first-order valence-corrected chi connectivity index (χ1v) is 16.2. The predicted molar refractivity (Wildman–Crippen MR) is 154 cm³/mol. The summed E-state index contributed by atoms with van der Waals surface area (Å²) in [5.41, 5.74) is 0.629. The minimum Gasteiger partial charge on any atom is -0.448 e. The molecule has 4 rings (SSSR count). The zero-order valence-corrected chi connectivity index (χ0v) is 24.6. The summed E-state index contributed by atoms with van der Waals surface area (Å²) in [6.07, 6.45) is 10.4. The second-order valence-electron chi connectivity index (χ2n) is 10.8. The molecule has 1 aromatic carbocycles.